The number of allylic oxidation sites excluding steroid dienone is 2. The largest absolute Gasteiger partial charge is 0.274 e. The molecule has 1 aromatic heterocycles. The maximum Gasteiger partial charge on any atom is 0.238 e. The van der Waals surface area contributed by atoms with E-state index in [0.29, 0.717) is 10.6 Å². The lowest BCUT2D eigenvalue weighted by atomic mass is 9.85. The number of nitrogens with zero attached hydrogens (tertiary/aromatic N) is 2. The van der Waals surface area contributed by atoms with Crippen molar-refractivity contribution < 1.29 is 9.59 Å². The summed E-state index contributed by atoms with van der Waals surface area (Å²) in [5, 5.41) is 10.0. The molecule has 0 spiro atoms. The summed E-state index contributed by atoms with van der Waals surface area (Å²) < 4.78 is 0. The van der Waals surface area contributed by atoms with Crippen LogP contribution in [0.25, 0.3) is 0 Å². The van der Waals surface area contributed by atoms with E-state index in [1.54, 1.807) is 0 Å². The van der Waals surface area contributed by atoms with Crippen LogP contribution >= 0.6 is 11.3 Å². The van der Waals surface area contributed by atoms with Gasteiger partial charge < -0.3 is 0 Å². The van der Waals surface area contributed by atoms with Gasteiger partial charge in [-0.25, -0.2) is 4.90 Å². The van der Waals surface area contributed by atoms with Crippen molar-refractivity contribution in [3.63, 3.8) is 0 Å². The first-order valence-electron chi connectivity index (χ1n) is 7.67. The van der Waals surface area contributed by atoms with Crippen molar-refractivity contribution in [2.45, 2.75) is 26.7 Å². The highest BCUT2D eigenvalue weighted by Gasteiger charge is 2.60. The lowest BCUT2D eigenvalue weighted by Gasteiger charge is -2.15. The normalized spacial score (nSPS) is 32.0. The quantitative estimate of drug-likeness (QED) is 0.623. The average Bonchev–Trinajstić information content (AvgIpc) is 3.22. The molecule has 2 fully saturated rings. The van der Waals surface area contributed by atoms with Crippen LogP contribution < -0.4 is 4.90 Å². The molecule has 1 saturated heterocycles. The van der Waals surface area contributed by atoms with E-state index < -0.39 is 0 Å². The molecule has 4 nitrogen and oxygen atoms in total. The number of thiophene rings is 1. The van der Waals surface area contributed by atoms with Crippen molar-refractivity contribution >= 4 is 28.2 Å². The molecule has 1 saturated carbocycles. The molecule has 0 radical (unpaired) electrons. The molecule has 2 bridgehead atoms. The number of aryl methyl sites for hydroxylation is 1. The van der Waals surface area contributed by atoms with E-state index >= 15 is 0 Å². The highest BCUT2D eigenvalue weighted by molar-refractivity contribution is 7.17. The first-order valence-corrected chi connectivity index (χ1v) is 8.48. The van der Waals surface area contributed by atoms with Crippen LogP contribution in [-0.4, -0.2) is 11.8 Å². The molecule has 2 aliphatic carbocycles. The molecule has 112 valence electrons. The zero-order chi connectivity index (χ0) is 15.6. The summed E-state index contributed by atoms with van der Waals surface area (Å²) in [6.45, 7) is 3.94. The van der Waals surface area contributed by atoms with Gasteiger partial charge >= 0.3 is 0 Å². The maximum atomic E-state index is 12.8. The van der Waals surface area contributed by atoms with Crippen molar-refractivity contribution in [2.75, 3.05) is 4.90 Å². The molecule has 1 aliphatic heterocycles. The standard InChI is InChI=1S/C17H16N2O2S/c1-3-11-8(2)22-17(12(11)7-18)19-15(20)13-9-4-5-10(6-9)14(13)16(19)21/h4-5,9-10,13-14H,3,6H2,1-2H3. The number of hydrogen-bond donors (Lipinski definition) is 0. The maximum absolute atomic E-state index is 12.8. The Balaban J connectivity index is 1.81. The Kier molecular flexibility index (Phi) is 2.82. The van der Waals surface area contributed by atoms with Gasteiger partial charge in [0.2, 0.25) is 11.8 Å². The molecule has 3 aliphatic rings. The van der Waals surface area contributed by atoms with Gasteiger partial charge in [0.05, 0.1) is 17.4 Å². The molecule has 0 aromatic carbocycles. The van der Waals surface area contributed by atoms with Crippen LogP contribution in [-0.2, 0) is 16.0 Å². The number of fused-ring (bicyclic) bond motifs is 5. The van der Waals surface area contributed by atoms with Crippen LogP contribution in [0.3, 0.4) is 0 Å². The van der Waals surface area contributed by atoms with Crippen molar-refractivity contribution in [3.05, 3.63) is 28.2 Å². The fourth-order valence-corrected chi connectivity index (χ4v) is 5.57. The van der Waals surface area contributed by atoms with E-state index in [-0.39, 0.29) is 35.5 Å². The van der Waals surface area contributed by atoms with Gasteiger partial charge in [0.1, 0.15) is 11.1 Å². The van der Waals surface area contributed by atoms with E-state index in [9.17, 15) is 14.9 Å². The molecule has 2 heterocycles. The highest BCUT2D eigenvalue weighted by atomic mass is 32.1. The van der Waals surface area contributed by atoms with Gasteiger partial charge in [0.15, 0.2) is 0 Å². The lowest BCUT2D eigenvalue weighted by Crippen LogP contribution is -2.32. The van der Waals surface area contributed by atoms with Crippen LogP contribution in [0, 0.1) is 41.9 Å². The number of hydrogen-bond acceptors (Lipinski definition) is 4. The Hall–Kier alpha value is -1.93. The van der Waals surface area contributed by atoms with Crippen LogP contribution in [0.1, 0.15) is 29.3 Å². The molecule has 5 heteroatoms. The van der Waals surface area contributed by atoms with Gasteiger partial charge in [0.25, 0.3) is 0 Å². The second kappa shape index (κ2) is 4.53. The van der Waals surface area contributed by atoms with E-state index in [2.05, 4.69) is 18.2 Å². The predicted molar refractivity (Wildman–Crippen MR) is 83.4 cm³/mol. The second-order valence-corrected chi connectivity index (χ2v) is 7.50. The van der Waals surface area contributed by atoms with E-state index in [1.165, 1.54) is 16.2 Å². The zero-order valence-corrected chi connectivity index (χ0v) is 13.3. The highest BCUT2D eigenvalue weighted by Crippen LogP contribution is 2.54. The molecular weight excluding hydrogens is 296 g/mol. The third-order valence-electron chi connectivity index (χ3n) is 5.33. The van der Waals surface area contributed by atoms with E-state index in [0.717, 1.165) is 23.3 Å². The summed E-state index contributed by atoms with van der Waals surface area (Å²) in [5.41, 5.74) is 1.47. The summed E-state index contributed by atoms with van der Waals surface area (Å²) in [4.78, 5) is 28.0. The van der Waals surface area contributed by atoms with Crippen molar-refractivity contribution in [2.24, 2.45) is 23.7 Å². The number of carbonyl (C=O) groups is 2. The SMILES string of the molecule is CCc1c(C)sc(N2C(=O)C3C4C=CC(C4)C3C2=O)c1C#N. The van der Waals surface area contributed by atoms with Crippen molar-refractivity contribution in [3.8, 4) is 6.07 Å². The molecule has 4 rings (SSSR count). The zero-order valence-electron chi connectivity index (χ0n) is 12.5. The number of amides is 2. The summed E-state index contributed by atoms with van der Waals surface area (Å²) >= 11 is 1.40. The summed E-state index contributed by atoms with van der Waals surface area (Å²) in [6, 6.07) is 2.21. The van der Waals surface area contributed by atoms with Gasteiger partial charge in [0, 0.05) is 4.88 Å². The Labute approximate surface area is 133 Å². The molecule has 4 atom stereocenters. The van der Waals surface area contributed by atoms with Crippen molar-refractivity contribution in [1.82, 2.24) is 0 Å². The Morgan fingerprint density at radius 2 is 1.86 bits per heavy atom. The number of anilines is 1. The Morgan fingerprint density at radius 1 is 1.27 bits per heavy atom. The smallest absolute Gasteiger partial charge is 0.238 e. The third kappa shape index (κ3) is 1.51. The van der Waals surface area contributed by atoms with Crippen LogP contribution in [0.2, 0.25) is 0 Å². The number of carbonyl (C=O) groups excluding carboxylic acids is 2. The monoisotopic (exact) mass is 312 g/mol. The lowest BCUT2D eigenvalue weighted by molar-refractivity contribution is -0.123. The van der Waals surface area contributed by atoms with Crippen molar-refractivity contribution in [1.29, 1.82) is 5.26 Å². The van der Waals surface area contributed by atoms with Gasteiger partial charge in [-0.05, 0) is 37.2 Å². The Bertz CT molecular complexity index is 740. The minimum atomic E-state index is -0.207. The van der Waals surface area contributed by atoms with Gasteiger partial charge in [-0.15, -0.1) is 11.3 Å². The number of nitriles is 1. The van der Waals surface area contributed by atoms with Crippen LogP contribution in [0.5, 0.6) is 0 Å². The molecule has 22 heavy (non-hydrogen) atoms. The average molecular weight is 312 g/mol. The predicted octanol–water partition coefficient (Wildman–Crippen LogP) is 2.80. The minimum Gasteiger partial charge on any atom is -0.274 e. The van der Waals surface area contributed by atoms with Crippen LogP contribution in [0.15, 0.2) is 12.2 Å². The first-order chi connectivity index (χ1) is 10.6. The summed E-state index contributed by atoms with van der Waals surface area (Å²) in [5.74, 6) is -0.218. The second-order valence-electron chi connectivity index (χ2n) is 6.29. The van der Waals surface area contributed by atoms with Gasteiger partial charge in [-0.3, -0.25) is 9.59 Å². The first kappa shape index (κ1) is 13.7. The summed E-state index contributed by atoms with van der Waals surface area (Å²) in [7, 11) is 0. The molecule has 0 N–H and O–H groups in total. The van der Waals surface area contributed by atoms with E-state index in [1.807, 2.05) is 13.8 Å². The molecule has 1 aromatic rings. The summed E-state index contributed by atoms with van der Waals surface area (Å²) in [6.07, 6.45) is 5.84. The fraction of sp³-hybridized carbons (Fsp3) is 0.471. The molecular formula is C17H16N2O2S. The molecule has 4 unspecified atom stereocenters. The fourth-order valence-electron chi connectivity index (χ4n) is 4.36. The van der Waals surface area contributed by atoms with Crippen LogP contribution in [0.4, 0.5) is 5.00 Å². The van der Waals surface area contributed by atoms with Gasteiger partial charge in [-0.1, -0.05) is 19.1 Å². The number of imide groups is 1. The Morgan fingerprint density at radius 3 is 2.36 bits per heavy atom. The van der Waals surface area contributed by atoms with E-state index in [4.69, 9.17) is 0 Å². The third-order valence-corrected chi connectivity index (χ3v) is 6.46. The molecule has 2 amide bonds. The van der Waals surface area contributed by atoms with Gasteiger partial charge in [-0.2, -0.15) is 5.26 Å². The number of rotatable bonds is 2. The topological polar surface area (TPSA) is 61.2 Å². The minimum absolute atomic E-state index is 0.104.